The van der Waals surface area contributed by atoms with Crippen molar-refractivity contribution < 1.29 is 27.5 Å². The number of nitrogens with one attached hydrogen (secondary N) is 1. The first-order valence-electron chi connectivity index (χ1n) is 16.2. The Kier molecular flexibility index (Phi) is 11.2. The van der Waals surface area contributed by atoms with Crippen LogP contribution in [0.15, 0.2) is 72.8 Å². The number of sulfonamides is 1. The number of hydrogen-bond donors (Lipinski definition) is 1. The maximum absolute atomic E-state index is 14.2. The summed E-state index contributed by atoms with van der Waals surface area (Å²) in [6, 6.07) is 22.1. The van der Waals surface area contributed by atoms with E-state index >= 15 is 0 Å². The van der Waals surface area contributed by atoms with Crippen LogP contribution in [0, 0.1) is 6.92 Å². The summed E-state index contributed by atoms with van der Waals surface area (Å²) in [6.07, 6.45) is 7.10. The highest BCUT2D eigenvalue weighted by molar-refractivity contribution is 7.92. The molecule has 5 rings (SSSR count). The van der Waals surface area contributed by atoms with Crippen LogP contribution in [0.3, 0.4) is 0 Å². The van der Waals surface area contributed by atoms with Gasteiger partial charge in [0.25, 0.3) is 0 Å². The van der Waals surface area contributed by atoms with Gasteiger partial charge in [0.15, 0.2) is 11.5 Å². The average molecular weight is 648 g/mol. The lowest BCUT2D eigenvalue weighted by Gasteiger charge is -2.34. The molecule has 1 aliphatic heterocycles. The van der Waals surface area contributed by atoms with Crippen molar-refractivity contribution >= 4 is 27.5 Å². The van der Waals surface area contributed by atoms with Crippen LogP contribution < -0.4 is 19.1 Å². The third kappa shape index (κ3) is 8.81. The van der Waals surface area contributed by atoms with Crippen LogP contribution in [0.2, 0.25) is 0 Å². The molecule has 246 valence electrons. The zero-order valence-electron chi connectivity index (χ0n) is 26.8. The van der Waals surface area contributed by atoms with E-state index in [1.807, 2.05) is 61.5 Å². The molecule has 0 unspecified atom stereocenters. The van der Waals surface area contributed by atoms with Gasteiger partial charge in [-0.15, -0.1) is 0 Å². The Balaban J connectivity index is 1.38. The highest BCUT2D eigenvalue weighted by Crippen LogP contribution is 2.35. The van der Waals surface area contributed by atoms with Crippen LogP contribution in [0.5, 0.6) is 11.5 Å². The number of benzene rings is 3. The summed E-state index contributed by atoms with van der Waals surface area (Å²) in [5.74, 6) is 0.720. The maximum Gasteiger partial charge on any atom is 0.243 e. The van der Waals surface area contributed by atoms with E-state index in [1.54, 1.807) is 23.1 Å². The van der Waals surface area contributed by atoms with Crippen molar-refractivity contribution in [3.63, 3.8) is 0 Å². The number of aryl methyl sites for hydroxylation is 1. The van der Waals surface area contributed by atoms with Gasteiger partial charge in [0.1, 0.15) is 19.3 Å². The number of rotatable bonds is 13. The molecule has 10 heteroatoms. The van der Waals surface area contributed by atoms with Crippen molar-refractivity contribution in [1.29, 1.82) is 0 Å². The van der Waals surface area contributed by atoms with Gasteiger partial charge in [-0.05, 0) is 55.0 Å². The predicted octanol–water partition coefficient (Wildman–Crippen LogP) is 5.40. The molecule has 9 nitrogen and oxygen atoms in total. The van der Waals surface area contributed by atoms with Crippen LogP contribution in [0.1, 0.15) is 61.6 Å². The second kappa shape index (κ2) is 15.5. The fourth-order valence-corrected chi connectivity index (χ4v) is 7.22. The Labute approximate surface area is 272 Å². The average Bonchev–Trinajstić information content (AvgIpc) is 3.05. The quantitative estimate of drug-likeness (QED) is 0.266. The van der Waals surface area contributed by atoms with Gasteiger partial charge < -0.3 is 19.7 Å². The van der Waals surface area contributed by atoms with Crippen molar-refractivity contribution in [2.24, 2.45) is 0 Å². The Morgan fingerprint density at radius 1 is 0.913 bits per heavy atom. The molecule has 3 aromatic carbocycles. The third-order valence-electron chi connectivity index (χ3n) is 8.79. The molecule has 1 fully saturated rings. The second-order valence-corrected chi connectivity index (χ2v) is 14.2. The lowest BCUT2D eigenvalue weighted by atomic mass is 9.94. The van der Waals surface area contributed by atoms with Crippen LogP contribution in [0.25, 0.3) is 0 Å². The first-order valence-corrected chi connectivity index (χ1v) is 18.1. The summed E-state index contributed by atoms with van der Waals surface area (Å²) in [5.41, 5.74) is 3.42. The van der Waals surface area contributed by atoms with Crippen molar-refractivity contribution in [3.8, 4) is 11.5 Å². The number of amides is 2. The minimum Gasteiger partial charge on any atom is -0.486 e. The Bertz CT molecular complexity index is 1590. The molecule has 0 bridgehead atoms. The van der Waals surface area contributed by atoms with E-state index < -0.39 is 16.1 Å². The van der Waals surface area contributed by atoms with Gasteiger partial charge in [0.2, 0.25) is 21.8 Å². The monoisotopic (exact) mass is 647 g/mol. The molecule has 0 radical (unpaired) electrons. The molecule has 2 aliphatic rings. The van der Waals surface area contributed by atoms with Gasteiger partial charge in [-0.1, -0.05) is 73.9 Å². The van der Waals surface area contributed by atoms with E-state index in [2.05, 4.69) is 5.32 Å². The zero-order chi connectivity index (χ0) is 32.5. The number of carbonyl (C=O) groups is 2. The second-order valence-electron chi connectivity index (χ2n) is 12.3. The van der Waals surface area contributed by atoms with E-state index in [0.29, 0.717) is 36.8 Å². The Morgan fingerprint density at radius 3 is 2.33 bits per heavy atom. The summed E-state index contributed by atoms with van der Waals surface area (Å²) in [4.78, 5) is 29.9. The summed E-state index contributed by atoms with van der Waals surface area (Å²) in [5, 5.41) is 3.27. The summed E-state index contributed by atoms with van der Waals surface area (Å²) in [6.45, 7) is 3.20. The van der Waals surface area contributed by atoms with Gasteiger partial charge >= 0.3 is 0 Å². The molecule has 0 aromatic heterocycles. The highest BCUT2D eigenvalue weighted by Gasteiger charge is 2.32. The van der Waals surface area contributed by atoms with Crippen LogP contribution in [0.4, 0.5) is 5.69 Å². The molecule has 1 aliphatic carbocycles. The molecule has 3 aromatic rings. The smallest absolute Gasteiger partial charge is 0.243 e. The molecule has 46 heavy (non-hydrogen) atoms. The summed E-state index contributed by atoms with van der Waals surface area (Å²) >= 11 is 0. The molecule has 1 saturated carbocycles. The fourth-order valence-electron chi connectivity index (χ4n) is 6.26. The SMILES string of the molecule is Cc1ccccc1CN(C(=O)CCCN(c1ccc2c(c1)OCCO2)S(C)(=O)=O)[C@H](Cc1ccccc1)C(=O)NC1CCCCC1. The van der Waals surface area contributed by atoms with Gasteiger partial charge in [0.05, 0.1) is 11.9 Å². The zero-order valence-corrected chi connectivity index (χ0v) is 27.6. The van der Waals surface area contributed by atoms with Crippen molar-refractivity contribution in [1.82, 2.24) is 10.2 Å². The van der Waals surface area contributed by atoms with Crippen LogP contribution >= 0.6 is 0 Å². The first-order chi connectivity index (χ1) is 22.2. The van der Waals surface area contributed by atoms with Crippen molar-refractivity contribution in [3.05, 3.63) is 89.5 Å². The van der Waals surface area contributed by atoms with Crippen molar-refractivity contribution in [2.75, 3.05) is 30.3 Å². The van der Waals surface area contributed by atoms with E-state index in [-0.39, 0.29) is 43.8 Å². The number of anilines is 1. The maximum atomic E-state index is 14.2. The third-order valence-corrected chi connectivity index (χ3v) is 9.98. The lowest BCUT2D eigenvalue weighted by Crippen LogP contribution is -2.53. The van der Waals surface area contributed by atoms with E-state index in [1.165, 1.54) is 10.7 Å². The van der Waals surface area contributed by atoms with E-state index in [0.717, 1.165) is 48.6 Å². The van der Waals surface area contributed by atoms with E-state index in [4.69, 9.17) is 9.47 Å². The topological polar surface area (TPSA) is 105 Å². The molecule has 1 N–H and O–H groups in total. The number of fused-ring (bicyclic) bond motifs is 1. The summed E-state index contributed by atoms with van der Waals surface area (Å²) in [7, 11) is -3.66. The normalized spacial score (nSPS) is 15.5. The van der Waals surface area contributed by atoms with Gasteiger partial charge in [0, 0.05) is 38.0 Å². The van der Waals surface area contributed by atoms with E-state index in [9.17, 15) is 18.0 Å². The number of ether oxygens (including phenoxy) is 2. The van der Waals surface area contributed by atoms with Gasteiger partial charge in [-0.2, -0.15) is 0 Å². The highest BCUT2D eigenvalue weighted by atomic mass is 32.2. The lowest BCUT2D eigenvalue weighted by molar-refractivity contribution is -0.141. The minimum absolute atomic E-state index is 0.0739. The molecule has 0 saturated heterocycles. The Morgan fingerprint density at radius 2 is 1.61 bits per heavy atom. The van der Waals surface area contributed by atoms with Crippen LogP contribution in [-0.4, -0.2) is 63.2 Å². The fraction of sp³-hybridized carbons (Fsp3) is 0.444. The predicted molar refractivity (Wildman–Crippen MR) is 180 cm³/mol. The van der Waals surface area contributed by atoms with Gasteiger partial charge in [-0.3, -0.25) is 13.9 Å². The van der Waals surface area contributed by atoms with Crippen LogP contribution in [-0.2, 0) is 32.6 Å². The summed E-state index contributed by atoms with van der Waals surface area (Å²) < 4.78 is 38.3. The minimum atomic E-state index is -3.66. The number of hydrogen-bond acceptors (Lipinski definition) is 6. The molecule has 1 heterocycles. The number of nitrogens with zero attached hydrogens (tertiary/aromatic N) is 2. The Hall–Kier alpha value is -4.05. The van der Waals surface area contributed by atoms with Crippen molar-refractivity contribution in [2.45, 2.75) is 76.9 Å². The van der Waals surface area contributed by atoms with Gasteiger partial charge in [-0.25, -0.2) is 8.42 Å². The molecular weight excluding hydrogens is 602 g/mol. The molecule has 1 atom stereocenters. The molecular formula is C36H45N3O6S. The number of carbonyl (C=O) groups excluding carboxylic acids is 2. The first kappa shape index (κ1) is 33.3. The largest absolute Gasteiger partial charge is 0.486 e. The molecule has 0 spiro atoms. The standard InChI is InChI=1S/C36H45N3O6S/c1-27-12-9-10-15-29(27)26-38(32(24-28-13-5-3-6-14-28)36(41)37-30-16-7-4-8-17-30)35(40)18-11-21-39(46(2,42)43)31-19-20-33-34(25-31)45-23-22-44-33/h3,5-6,9-10,12-15,19-20,25,30,32H,4,7-8,11,16-18,21-24,26H2,1-2H3,(H,37,41)/t32-/m1/s1. The molecule has 2 amide bonds.